The molecule has 0 aromatic heterocycles. The number of anilines is 1. The lowest BCUT2D eigenvalue weighted by Gasteiger charge is -2.20. The first kappa shape index (κ1) is 16.8. The van der Waals surface area contributed by atoms with Crippen LogP contribution in [0.25, 0.3) is 0 Å². The van der Waals surface area contributed by atoms with E-state index in [1.807, 2.05) is 6.07 Å². The molecule has 10 heteroatoms. The Labute approximate surface area is 122 Å². The minimum absolute atomic E-state index is 0.00202. The lowest BCUT2D eigenvalue weighted by molar-refractivity contribution is -0.385. The molecule has 0 saturated heterocycles. The summed E-state index contributed by atoms with van der Waals surface area (Å²) in [5.41, 5.74) is 1.90. The van der Waals surface area contributed by atoms with Crippen molar-refractivity contribution in [3.05, 3.63) is 28.3 Å². The van der Waals surface area contributed by atoms with E-state index in [0.717, 1.165) is 16.4 Å². The molecule has 3 N–H and O–H groups in total. The Bertz CT molecular complexity index is 668. The first-order valence-corrected chi connectivity index (χ1v) is 7.44. The largest absolute Gasteiger partial charge is 0.323 e. The summed E-state index contributed by atoms with van der Waals surface area (Å²) in [5.74, 6) is 5.26. The SMILES string of the molecule is CCN(CCC#N)S(=O)(=O)c1cc([N+](=O)[O-])ccc1NN. The molecule has 0 fully saturated rings. The molecule has 0 aliphatic rings. The molecule has 1 aromatic rings. The van der Waals surface area contributed by atoms with Crippen LogP contribution in [0.15, 0.2) is 23.1 Å². The highest BCUT2D eigenvalue weighted by Gasteiger charge is 2.27. The van der Waals surface area contributed by atoms with Crippen LogP contribution in [0.4, 0.5) is 11.4 Å². The van der Waals surface area contributed by atoms with Gasteiger partial charge in [-0.25, -0.2) is 8.42 Å². The first-order valence-electron chi connectivity index (χ1n) is 6.00. The van der Waals surface area contributed by atoms with Crippen molar-refractivity contribution < 1.29 is 13.3 Å². The number of nitrogens with zero attached hydrogens (tertiary/aromatic N) is 3. The van der Waals surface area contributed by atoms with Crippen LogP contribution in [0.3, 0.4) is 0 Å². The van der Waals surface area contributed by atoms with Gasteiger partial charge in [0.05, 0.1) is 16.7 Å². The molecule has 21 heavy (non-hydrogen) atoms. The molecule has 0 saturated carbocycles. The molecule has 9 nitrogen and oxygen atoms in total. The molecule has 0 spiro atoms. The zero-order valence-corrected chi connectivity index (χ0v) is 12.1. The van der Waals surface area contributed by atoms with Gasteiger partial charge in [0.25, 0.3) is 5.69 Å². The number of rotatable bonds is 7. The Morgan fingerprint density at radius 1 is 1.52 bits per heavy atom. The van der Waals surface area contributed by atoms with Gasteiger partial charge in [0, 0.05) is 31.6 Å². The van der Waals surface area contributed by atoms with Gasteiger partial charge < -0.3 is 5.43 Å². The van der Waals surface area contributed by atoms with Crippen molar-refractivity contribution in [2.75, 3.05) is 18.5 Å². The summed E-state index contributed by atoms with van der Waals surface area (Å²) >= 11 is 0. The molecule has 0 radical (unpaired) electrons. The van der Waals surface area contributed by atoms with Crippen molar-refractivity contribution in [2.24, 2.45) is 5.84 Å². The third-order valence-electron chi connectivity index (χ3n) is 2.78. The maximum absolute atomic E-state index is 12.5. The molecule has 0 atom stereocenters. The summed E-state index contributed by atoms with van der Waals surface area (Å²) in [4.78, 5) is 9.81. The number of hydrazine groups is 1. The summed E-state index contributed by atoms with van der Waals surface area (Å²) in [7, 11) is -3.99. The number of nitrogens with two attached hydrogens (primary N) is 1. The smallest absolute Gasteiger partial charge is 0.270 e. The average molecular weight is 313 g/mol. The summed E-state index contributed by atoms with van der Waals surface area (Å²) in [6, 6.07) is 5.18. The average Bonchev–Trinajstić information content (AvgIpc) is 2.47. The zero-order valence-electron chi connectivity index (χ0n) is 11.3. The van der Waals surface area contributed by atoms with Gasteiger partial charge in [0.15, 0.2) is 0 Å². The third-order valence-corrected chi connectivity index (χ3v) is 4.79. The monoisotopic (exact) mass is 313 g/mol. The number of hydrogen-bond donors (Lipinski definition) is 2. The lowest BCUT2D eigenvalue weighted by atomic mass is 10.3. The van der Waals surface area contributed by atoms with Crippen LogP contribution in [0.1, 0.15) is 13.3 Å². The van der Waals surface area contributed by atoms with E-state index in [2.05, 4.69) is 5.43 Å². The quantitative estimate of drug-likeness (QED) is 0.430. The van der Waals surface area contributed by atoms with Gasteiger partial charge in [-0.3, -0.25) is 16.0 Å². The predicted octanol–water partition coefficient (Wildman–Crippen LogP) is 0.805. The number of nitrogens with one attached hydrogen (secondary N) is 1. The summed E-state index contributed by atoms with van der Waals surface area (Å²) in [5, 5.41) is 19.4. The van der Waals surface area contributed by atoms with E-state index in [-0.39, 0.29) is 35.8 Å². The molecule has 114 valence electrons. The minimum Gasteiger partial charge on any atom is -0.323 e. The summed E-state index contributed by atoms with van der Waals surface area (Å²) in [6.45, 7) is 1.75. The minimum atomic E-state index is -3.99. The fraction of sp³-hybridized carbons (Fsp3) is 0.364. The fourth-order valence-corrected chi connectivity index (χ4v) is 3.34. The van der Waals surface area contributed by atoms with Crippen LogP contribution in [-0.2, 0) is 10.0 Å². The van der Waals surface area contributed by atoms with Gasteiger partial charge in [-0.05, 0) is 6.07 Å². The lowest BCUT2D eigenvalue weighted by Crippen LogP contribution is -2.32. The number of sulfonamides is 1. The van der Waals surface area contributed by atoms with Gasteiger partial charge >= 0.3 is 0 Å². The van der Waals surface area contributed by atoms with Crippen LogP contribution in [0.2, 0.25) is 0 Å². The van der Waals surface area contributed by atoms with Gasteiger partial charge in [-0.2, -0.15) is 9.57 Å². The Morgan fingerprint density at radius 2 is 2.19 bits per heavy atom. The van der Waals surface area contributed by atoms with Gasteiger partial charge in [-0.1, -0.05) is 6.92 Å². The van der Waals surface area contributed by atoms with Gasteiger partial charge in [0.1, 0.15) is 4.90 Å². The number of non-ortho nitro benzene ring substituents is 1. The standard InChI is InChI=1S/C11H15N5O4S/c1-2-15(7-3-6-12)21(19,20)11-8-9(16(17)18)4-5-10(11)14-13/h4-5,8,14H,2-3,7,13H2,1H3. The van der Waals surface area contributed by atoms with Crippen LogP contribution in [0, 0.1) is 21.4 Å². The van der Waals surface area contributed by atoms with Crippen molar-refractivity contribution in [1.82, 2.24) is 4.31 Å². The van der Waals surface area contributed by atoms with E-state index >= 15 is 0 Å². The van der Waals surface area contributed by atoms with Crippen molar-refractivity contribution in [3.63, 3.8) is 0 Å². The Morgan fingerprint density at radius 3 is 2.67 bits per heavy atom. The molecule has 0 aliphatic heterocycles. The number of nitro benzene ring substituents is 1. The van der Waals surface area contributed by atoms with E-state index in [1.54, 1.807) is 6.92 Å². The normalized spacial score (nSPS) is 11.1. The molecule has 0 heterocycles. The molecule has 1 rings (SSSR count). The Kier molecular flexibility index (Phi) is 5.60. The Balaban J connectivity index is 3.37. The van der Waals surface area contributed by atoms with E-state index in [4.69, 9.17) is 11.1 Å². The number of hydrogen-bond acceptors (Lipinski definition) is 7. The van der Waals surface area contributed by atoms with E-state index in [9.17, 15) is 18.5 Å². The molecule has 1 aromatic carbocycles. The second kappa shape index (κ2) is 6.98. The van der Waals surface area contributed by atoms with Crippen molar-refractivity contribution >= 4 is 21.4 Å². The topological polar surface area (TPSA) is 142 Å². The molecule has 0 bridgehead atoms. The first-order chi connectivity index (χ1) is 9.88. The van der Waals surface area contributed by atoms with Crippen LogP contribution in [-0.4, -0.2) is 30.7 Å². The van der Waals surface area contributed by atoms with Crippen molar-refractivity contribution in [2.45, 2.75) is 18.2 Å². The molecular formula is C11H15N5O4S. The third kappa shape index (κ3) is 3.66. The van der Waals surface area contributed by atoms with E-state index in [0.29, 0.717) is 0 Å². The van der Waals surface area contributed by atoms with Crippen LogP contribution >= 0.6 is 0 Å². The summed E-state index contributed by atoms with van der Waals surface area (Å²) < 4.78 is 26.1. The van der Waals surface area contributed by atoms with Gasteiger partial charge in [-0.15, -0.1) is 0 Å². The second-order valence-electron chi connectivity index (χ2n) is 3.99. The fourth-order valence-electron chi connectivity index (χ4n) is 1.72. The highest BCUT2D eigenvalue weighted by atomic mass is 32.2. The zero-order chi connectivity index (χ0) is 16.0. The van der Waals surface area contributed by atoms with Gasteiger partial charge in [0.2, 0.25) is 10.0 Å². The Hall–Kier alpha value is -2.22. The highest BCUT2D eigenvalue weighted by molar-refractivity contribution is 7.89. The molecular weight excluding hydrogens is 298 g/mol. The van der Waals surface area contributed by atoms with Crippen LogP contribution in [0.5, 0.6) is 0 Å². The van der Waals surface area contributed by atoms with Crippen LogP contribution < -0.4 is 11.3 Å². The van der Waals surface area contributed by atoms with E-state index in [1.165, 1.54) is 6.07 Å². The van der Waals surface area contributed by atoms with Crippen molar-refractivity contribution in [1.29, 1.82) is 5.26 Å². The molecule has 0 aliphatic carbocycles. The van der Waals surface area contributed by atoms with E-state index < -0.39 is 14.9 Å². The predicted molar refractivity (Wildman–Crippen MR) is 75.6 cm³/mol. The van der Waals surface area contributed by atoms with Crippen molar-refractivity contribution in [3.8, 4) is 6.07 Å². The number of nitrogen functional groups attached to an aromatic ring is 1. The maximum Gasteiger partial charge on any atom is 0.270 e. The molecule has 0 amide bonds. The highest BCUT2D eigenvalue weighted by Crippen LogP contribution is 2.28. The molecule has 0 unspecified atom stereocenters. The summed E-state index contributed by atoms with van der Waals surface area (Å²) in [6.07, 6.45) is 0.0212. The number of nitriles is 1. The number of benzene rings is 1. The second-order valence-corrected chi connectivity index (χ2v) is 5.89. The maximum atomic E-state index is 12.5. The number of nitro groups is 1.